The van der Waals surface area contributed by atoms with Gasteiger partial charge in [0.05, 0.1) is 49.1 Å². The van der Waals surface area contributed by atoms with Crippen molar-refractivity contribution in [2.45, 2.75) is 90.4 Å². The Morgan fingerprint density at radius 3 is 1.55 bits per heavy atom. The fraction of sp³-hybridized carbons (Fsp3) is 0.435. The summed E-state index contributed by atoms with van der Waals surface area (Å²) in [5.74, 6) is 0.828. The van der Waals surface area contributed by atoms with E-state index < -0.39 is 35.3 Å². The Balaban J connectivity index is 1.12. The number of imidazole rings is 2. The quantitative estimate of drug-likeness (QED) is 0.105. The molecule has 0 unspecified atom stereocenters. The third-order valence-corrected chi connectivity index (χ3v) is 12.5. The van der Waals surface area contributed by atoms with E-state index >= 15 is 0 Å². The smallest absolute Gasteiger partial charge is 0.407 e. The third-order valence-electron chi connectivity index (χ3n) is 12.5. The number of aromatic nitrogens is 4. The van der Waals surface area contributed by atoms with Crippen LogP contribution >= 0.6 is 0 Å². The second-order valence-electron chi connectivity index (χ2n) is 17.0. The summed E-state index contributed by atoms with van der Waals surface area (Å²) in [6.07, 6.45) is 5.49. The molecule has 4 N–H and O–H groups in total. The van der Waals surface area contributed by atoms with Crippen LogP contribution < -0.4 is 10.6 Å². The minimum atomic E-state index is -0.725. The number of fused-ring (bicyclic) bond motifs is 1. The largest absolute Gasteiger partial charge is 0.453 e. The van der Waals surface area contributed by atoms with Crippen molar-refractivity contribution in [3.05, 3.63) is 84.7 Å². The molecule has 2 fully saturated rings. The number of benzene rings is 3. The Morgan fingerprint density at radius 1 is 0.633 bits per heavy atom. The number of alkyl carbamates (subject to hydrolysis) is 2. The molecular formula is C46H56N8O6. The van der Waals surface area contributed by atoms with Crippen LogP contribution in [0.3, 0.4) is 0 Å². The predicted octanol–water partition coefficient (Wildman–Crippen LogP) is 7.72. The fourth-order valence-electron chi connectivity index (χ4n) is 8.95. The lowest BCUT2D eigenvalue weighted by Gasteiger charge is -2.37. The van der Waals surface area contributed by atoms with Gasteiger partial charge >= 0.3 is 12.2 Å². The number of rotatable bonds is 11. The summed E-state index contributed by atoms with van der Waals surface area (Å²) in [5, 5.41) is 7.60. The molecule has 0 aliphatic carbocycles. The molecule has 0 radical (unpaired) electrons. The number of nitrogens with one attached hydrogen (secondary N) is 4. The summed E-state index contributed by atoms with van der Waals surface area (Å²) in [6.45, 7) is 12.8. The van der Waals surface area contributed by atoms with Crippen LogP contribution in [0.5, 0.6) is 0 Å². The first-order valence-corrected chi connectivity index (χ1v) is 20.8. The van der Waals surface area contributed by atoms with E-state index in [4.69, 9.17) is 19.4 Å². The molecule has 0 saturated carbocycles. The van der Waals surface area contributed by atoms with E-state index in [9.17, 15) is 19.2 Å². The number of carbonyl (C=O) groups excluding carboxylic acids is 4. The molecule has 316 valence electrons. The number of amides is 4. The standard InChI is InChI=1S/C46H56N8O6/c1-27(2)37(51-43(57)59-7)39(55)53-23-11-21-45(53,5)41-47-25-35(49-41)30-17-15-29(16-18-30)31-19-20-34(33-14-10-9-13-32(31)33)36-26-48-42(50-36)46(6)22-12-24-54(46)40(56)38(28(3)4)52-44(58)60-8/h9-10,13-20,25-28,37-38H,11-12,21-24H2,1-8H3,(H,47,49)(H,48,50)(H,51,57)(H,52,58)/t37-,38-,45-,46-/m0/s1. The van der Waals surface area contributed by atoms with E-state index in [1.807, 2.05) is 75.9 Å². The van der Waals surface area contributed by atoms with E-state index in [-0.39, 0.29) is 23.7 Å². The van der Waals surface area contributed by atoms with Gasteiger partial charge in [-0.05, 0) is 78.8 Å². The zero-order chi connectivity index (χ0) is 42.9. The summed E-state index contributed by atoms with van der Waals surface area (Å²) in [7, 11) is 2.59. The molecule has 4 atom stereocenters. The number of carbonyl (C=O) groups is 4. The van der Waals surface area contributed by atoms with Gasteiger partial charge < -0.3 is 39.9 Å². The van der Waals surface area contributed by atoms with Crippen LogP contribution in [0.25, 0.3) is 44.4 Å². The van der Waals surface area contributed by atoms with Crippen molar-refractivity contribution in [3.63, 3.8) is 0 Å². The highest BCUT2D eigenvalue weighted by Crippen LogP contribution is 2.42. The highest BCUT2D eigenvalue weighted by atomic mass is 16.5. The first-order valence-electron chi connectivity index (χ1n) is 20.8. The molecule has 4 amide bonds. The van der Waals surface area contributed by atoms with Gasteiger partial charge in [0.1, 0.15) is 23.7 Å². The van der Waals surface area contributed by atoms with Gasteiger partial charge in [-0.25, -0.2) is 19.6 Å². The SMILES string of the molecule is COC(=O)N[C@H](C(=O)N1CCC[C@@]1(C)c1ncc(-c2ccc(-c3ccc(-c4cnc([C@]5(C)CCCN5C(=O)[C@@H](NC(=O)OC)C(C)C)[nH]4)c4ccccc34)cc2)[nH]1)C(C)C. The molecule has 0 spiro atoms. The second-order valence-corrected chi connectivity index (χ2v) is 17.0. The lowest BCUT2D eigenvalue weighted by Crippen LogP contribution is -2.55. The normalized spacial score (nSPS) is 20.1. The minimum Gasteiger partial charge on any atom is -0.453 e. The van der Waals surface area contributed by atoms with Crippen LogP contribution in [-0.4, -0.2) is 93.1 Å². The molecule has 2 saturated heterocycles. The molecule has 2 aliphatic rings. The maximum Gasteiger partial charge on any atom is 0.407 e. The van der Waals surface area contributed by atoms with E-state index in [1.54, 1.807) is 0 Å². The summed E-state index contributed by atoms with van der Waals surface area (Å²) in [6, 6.07) is 19.5. The van der Waals surface area contributed by atoms with Crippen molar-refractivity contribution in [1.29, 1.82) is 0 Å². The van der Waals surface area contributed by atoms with Crippen molar-refractivity contribution in [2.24, 2.45) is 11.8 Å². The molecule has 7 rings (SSSR count). The van der Waals surface area contributed by atoms with E-state index in [2.05, 4.69) is 69.1 Å². The molecule has 2 aliphatic heterocycles. The van der Waals surface area contributed by atoms with Crippen LogP contribution in [0.2, 0.25) is 0 Å². The number of likely N-dealkylation sites (tertiary alicyclic amines) is 2. The zero-order valence-corrected chi connectivity index (χ0v) is 35.7. The molecule has 14 nitrogen and oxygen atoms in total. The minimum absolute atomic E-state index is 0.128. The predicted molar refractivity (Wildman–Crippen MR) is 229 cm³/mol. The lowest BCUT2D eigenvalue weighted by atomic mass is 9.93. The monoisotopic (exact) mass is 816 g/mol. The van der Waals surface area contributed by atoms with E-state index in [0.29, 0.717) is 24.7 Å². The number of hydrogen-bond acceptors (Lipinski definition) is 8. The van der Waals surface area contributed by atoms with Gasteiger partial charge in [-0.1, -0.05) is 88.4 Å². The average Bonchev–Trinajstić information content (AvgIpc) is 4.08. The van der Waals surface area contributed by atoms with E-state index in [0.717, 1.165) is 70.1 Å². The maximum absolute atomic E-state index is 13.9. The topological polar surface area (TPSA) is 175 Å². The van der Waals surface area contributed by atoms with Crippen LogP contribution in [0.4, 0.5) is 9.59 Å². The molecule has 4 heterocycles. The maximum atomic E-state index is 13.9. The van der Waals surface area contributed by atoms with Crippen LogP contribution in [0.1, 0.15) is 78.9 Å². The van der Waals surface area contributed by atoms with Crippen LogP contribution in [0, 0.1) is 11.8 Å². The molecule has 5 aromatic rings. The number of aromatic amines is 2. The number of methoxy groups -OCH3 is 2. The van der Waals surface area contributed by atoms with Crippen molar-refractivity contribution in [1.82, 2.24) is 40.4 Å². The summed E-state index contributed by atoms with van der Waals surface area (Å²) < 4.78 is 9.61. The van der Waals surface area contributed by atoms with Crippen molar-refractivity contribution >= 4 is 34.8 Å². The summed E-state index contributed by atoms with van der Waals surface area (Å²) in [4.78, 5) is 72.3. The third kappa shape index (κ3) is 7.70. The van der Waals surface area contributed by atoms with Crippen LogP contribution in [-0.2, 0) is 30.1 Å². The number of nitrogens with zero attached hydrogens (tertiary/aromatic N) is 4. The first kappa shape index (κ1) is 42.0. The van der Waals surface area contributed by atoms with Crippen molar-refractivity contribution in [2.75, 3.05) is 27.3 Å². The van der Waals surface area contributed by atoms with Crippen molar-refractivity contribution < 1.29 is 28.7 Å². The summed E-state index contributed by atoms with van der Waals surface area (Å²) >= 11 is 0. The van der Waals surface area contributed by atoms with Gasteiger partial charge in [-0.3, -0.25) is 9.59 Å². The Hall–Kier alpha value is -6.18. The molecule has 3 aromatic carbocycles. The highest BCUT2D eigenvalue weighted by Gasteiger charge is 2.47. The number of ether oxygens (including phenoxy) is 2. The second kappa shape index (κ2) is 16.8. The van der Waals surface area contributed by atoms with Gasteiger partial charge in [0.15, 0.2) is 0 Å². The Kier molecular flexibility index (Phi) is 11.8. The molecule has 14 heteroatoms. The summed E-state index contributed by atoms with van der Waals surface area (Å²) in [5.41, 5.74) is 4.44. The zero-order valence-electron chi connectivity index (χ0n) is 35.7. The molecular weight excluding hydrogens is 761 g/mol. The molecule has 60 heavy (non-hydrogen) atoms. The van der Waals surface area contributed by atoms with Gasteiger partial charge in [0.25, 0.3) is 0 Å². The van der Waals surface area contributed by atoms with Gasteiger partial charge in [0.2, 0.25) is 11.8 Å². The lowest BCUT2D eigenvalue weighted by molar-refractivity contribution is -0.139. The number of hydrogen-bond donors (Lipinski definition) is 4. The average molecular weight is 817 g/mol. The molecule has 0 bridgehead atoms. The highest BCUT2D eigenvalue weighted by molar-refractivity contribution is 6.04. The molecule has 2 aromatic heterocycles. The Morgan fingerprint density at radius 2 is 1.07 bits per heavy atom. The van der Waals surface area contributed by atoms with Gasteiger partial charge in [-0.15, -0.1) is 0 Å². The van der Waals surface area contributed by atoms with Gasteiger partial charge in [-0.2, -0.15) is 0 Å². The Bertz CT molecular complexity index is 2390. The van der Waals surface area contributed by atoms with E-state index in [1.165, 1.54) is 14.2 Å². The van der Waals surface area contributed by atoms with Gasteiger partial charge in [0, 0.05) is 18.7 Å². The van der Waals surface area contributed by atoms with Crippen molar-refractivity contribution in [3.8, 4) is 33.6 Å². The Labute approximate surface area is 350 Å². The first-order chi connectivity index (χ1) is 28.7. The number of H-pyrrole nitrogens is 2. The van der Waals surface area contributed by atoms with Crippen LogP contribution in [0.15, 0.2) is 73.1 Å². The fourth-order valence-corrected chi connectivity index (χ4v) is 8.95.